The molecular formula is C12H22N2O4. The van der Waals surface area contributed by atoms with Crippen LogP contribution in [0.3, 0.4) is 0 Å². The van der Waals surface area contributed by atoms with Gasteiger partial charge >= 0.3 is 5.97 Å². The van der Waals surface area contributed by atoms with Crippen LogP contribution < -0.4 is 5.32 Å². The Balaban J connectivity index is 2.45. The van der Waals surface area contributed by atoms with Gasteiger partial charge < -0.3 is 15.2 Å². The molecule has 6 nitrogen and oxygen atoms in total. The molecule has 0 aromatic heterocycles. The Hall–Kier alpha value is -1.14. The van der Waals surface area contributed by atoms with Crippen molar-refractivity contribution in [3.8, 4) is 0 Å². The summed E-state index contributed by atoms with van der Waals surface area (Å²) >= 11 is 0. The van der Waals surface area contributed by atoms with E-state index in [1.165, 1.54) is 0 Å². The number of carbonyl (C=O) groups is 2. The topological polar surface area (TPSA) is 78.9 Å². The Kier molecular flexibility index (Phi) is 5.55. The van der Waals surface area contributed by atoms with E-state index in [-0.39, 0.29) is 23.8 Å². The van der Waals surface area contributed by atoms with Gasteiger partial charge in [-0.2, -0.15) is 0 Å². The number of carbonyl (C=O) groups excluding carboxylic acids is 1. The molecule has 2 N–H and O–H groups in total. The number of rotatable bonds is 6. The highest BCUT2D eigenvalue weighted by Gasteiger charge is 2.38. The third-order valence-corrected chi connectivity index (χ3v) is 3.49. The molecule has 0 spiro atoms. The fourth-order valence-electron chi connectivity index (χ4n) is 2.23. The summed E-state index contributed by atoms with van der Waals surface area (Å²) < 4.78 is 4.86. The number of carboxylic acid groups (broad SMARTS) is 1. The highest BCUT2D eigenvalue weighted by atomic mass is 16.5. The lowest BCUT2D eigenvalue weighted by molar-refractivity contribution is -0.142. The summed E-state index contributed by atoms with van der Waals surface area (Å²) in [5, 5.41) is 11.8. The van der Waals surface area contributed by atoms with E-state index in [1.54, 1.807) is 14.0 Å². The molecule has 104 valence electrons. The minimum atomic E-state index is -0.781. The minimum Gasteiger partial charge on any atom is -0.481 e. The highest BCUT2D eigenvalue weighted by Crippen LogP contribution is 2.24. The first-order valence-corrected chi connectivity index (χ1v) is 6.20. The zero-order valence-corrected chi connectivity index (χ0v) is 11.2. The fourth-order valence-corrected chi connectivity index (χ4v) is 2.23. The predicted octanol–water partition coefficient (Wildman–Crippen LogP) is -0.210. The van der Waals surface area contributed by atoms with Crippen LogP contribution in [-0.4, -0.2) is 61.3 Å². The number of aliphatic carboxylic acids is 1. The maximum atomic E-state index is 11.8. The van der Waals surface area contributed by atoms with Gasteiger partial charge in [0.2, 0.25) is 5.91 Å². The number of nitrogens with zero attached hydrogens (tertiary/aromatic N) is 1. The molecule has 0 bridgehead atoms. The standard InChI is InChI=1S/C12H22N2O4/c1-8-6-14(7-10(8)12(16)17)9(2)11(15)13-4-5-18-3/h8-10H,4-7H2,1-3H3,(H,13,15)(H,16,17)/t8-,9?,10-/m1/s1. The zero-order valence-electron chi connectivity index (χ0n) is 11.2. The highest BCUT2D eigenvalue weighted by molar-refractivity contribution is 5.81. The first-order chi connectivity index (χ1) is 8.47. The number of amides is 1. The van der Waals surface area contributed by atoms with Crippen LogP contribution in [0.5, 0.6) is 0 Å². The second-order valence-electron chi connectivity index (χ2n) is 4.84. The summed E-state index contributed by atoms with van der Waals surface area (Å²) in [5.74, 6) is -1.15. The molecule has 0 aliphatic carbocycles. The maximum Gasteiger partial charge on any atom is 0.308 e. The lowest BCUT2D eigenvalue weighted by atomic mass is 9.99. The Morgan fingerprint density at radius 3 is 2.67 bits per heavy atom. The van der Waals surface area contributed by atoms with Crippen LogP contribution in [0.1, 0.15) is 13.8 Å². The van der Waals surface area contributed by atoms with Crippen molar-refractivity contribution in [2.24, 2.45) is 11.8 Å². The molecule has 6 heteroatoms. The molecule has 0 aromatic rings. The molecule has 1 unspecified atom stereocenters. The number of methoxy groups -OCH3 is 1. The van der Waals surface area contributed by atoms with Gasteiger partial charge in [-0.15, -0.1) is 0 Å². The first-order valence-electron chi connectivity index (χ1n) is 6.20. The third kappa shape index (κ3) is 3.68. The summed E-state index contributed by atoms with van der Waals surface area (Å²) in [6, 6.07) is -0.298. The smallest absolute Gasteiger partial charge is 0.308 e. The maximum absolute atomic E-state index is 11.8. The molecule has 0 aromatic carbocycles. The summed E-state index contributed by atoms with van der Waals surface area (Å²) in [6.07, 6.45) is 0. The molecule has 1 fully saturated rings. The number of hydrogen-bond acceptors (Lipinski definition) is 4. The predicted molar refractivity (Wildman–Crippen MR) is 66.2 cm³/mol. The summed E-state index contributed by atoms with van der Waals surface area (Å²) in [7, 11) is 1.58. The fraction of sp³-hybridized carbons (Fsp3) is 0.833. The van der Waals surface area contributed by atoms with Crippen molar-refractivity contribution >= 4 is 11.9 Å². The van der Waals surface area contributed by atoms with Crippen LogP contribution in [0, 0.1) is 11.8 Å². The molecule has 1 saturated heterocycles. The van der Waals surface area contributed by atoms with Crippen molar-refractivity contribution in [3.05, 3.63) is 0 Å². The van der Waals surface area contributed by atoms with Crippen molar-refractivity contribution in [1.29, 1.82) is 0 Å². The van der Waals surface area contributed by atoms with Gasteiger partial charge in [0.05, 0.1) is 18.6 Å². The summed E-state index contributed by atoms with van der Waals surface area (Å²) in [5.41, 5.74) is 0. The summed E-state index contributed by atoms with van der Waals surface area (Å²) in [6.45, 7) is 5.76. The van der Waals surface area contributed by atoms with Gasteiger partial charge in [-0.3, -0.25) is 14.5 Å². The molecule has 18 heavy (non-hydrogen) atoms. The lowest BCUT2D eigenvalue weighted by Crippen LogP contribution is -2.45. The number of likely N-dealkylation sites (tertiary alicyclic amines) is 1. The van der Waals surface area contributed by atoms with E-state index in [9.17, 15) is 9.59 Å². The Morgan fingerprint density at radius 1 is 1.50 bits per heavy atom. The molecule has 0 saturated carbocycles. The number of nitrogens with one attached hydrogen (secondary N) is 1. The van der Waals surface area contributed by atoms with E-state index in [1.807, 2.05) is 11.8 Å². The second-order valence-corrected chi connectivity index (χ2v) is 4.84. The normalized spacial score (nSPS) is 25.9. The molecule has 1 aliphatic rings. The van der Waals surface area contributed by atoms with E-state index in [0.717, 1.165) is 0 Å². The molecule has 1 amide bonds. The SMILES string of the molecule is COCCNC(=O)C(C)N1C[C@@H](C)[C@H](C(=O)O)C1. The van der Waals surface area contributed by atoms with Crippen molar-refractivity contribution in [2.75, 3.05) is 33.4 Å². The second kappa shape index (κ2) is 6.70. The van der Waals surface area contributed by atoms with Crippen LogP contribution in [-0.2, 0) is 14.3 Å². The van der Waals surface area contributed by atoms with E-state index in [0.29, 0.717) is 26.2 Å². The average molecular weight is 258 g/mol. The van der Waals surface area contributed by atoms with Crippen molar-refractivity contribution < 1.29 is 19.4 Å². The zero-order chi connectivity index (χ0) is 13.7. The molecule has 1 rings (SSSR count). The van der Waals surface area contributed by atoms with Gasteiger partial charge in [-0.1, -0.05) is 6.92 Å². The molecule has 1 heterocycles. The van der Waals surface area contributed by atoms with Crippen molar-refractivity contribution in [3.63, 3.8) is 0 Å². The first kappa shape index (κ1) is 14.9. The Bertz CT molecular complexity index is 308. The van der Waals surface area contributed by atoms with Gasteiger partial charge in [0, 0.05) is 26.7 Å². The van der Waals surface area contributed by atoms with Gasteiger partial charge in [-0.25, -0.2) is 0 Å². The van der Waals surface area contributed by atoms with Crippen LogP contribution in [0.4, 0.5) is 0 Å². The van der Waals surface area contributed by atoms with Crippen LogP contribution in [0.15, 0.2) is 0 Å². The molecular weight excluding hydrogens is 236 g/mol. The number of hydrogen-bond donors (Lipinski definition) is 2. The van der Waals surface area contributed by atoms with Gasteiger partial charge in [0.15, 0.2) is 0 Å². The molecule has 0 radical (unpaired) electrons. The van der Waals surface area contributed by atoms with E-state index < -0.39 is 5.97 Å². The third-order valence-electron chi connectivity index (χ3n) is 3.49. The largest absolute Gasteiger partial charge is 0.481 e. The van der Waals surface area contributed by atoms with E-state index in [2.05, 4.69) is 5.32 Å². The van der Waals surface area contributed by atoms with Crippen LogP contribution in [0.25, 0.3) is 0 Å². The quantitative estimate of drug-likeness (QED) is 0.645. The van der Waals surface area contributed by atoms with Gasteiger partial charge in [0.25, 0.3) is 0 Å². The number of carboxylic acids is 1. The minimum absolute atomic E-state index is 0.0784. The Morgan fingerprint density at radius 2 is 2.17 bits per heavy atom. The van der Waals surface area contributed by atoms with Crippen molar-refractivity contribution in [1.82, 2.24) is 10.2 Å². The van der Waals surface area contributed by atoms with Gasteiger partial charge in [-0.05, 0) is 12.8 Å². The lowest BCUT2D eigenvalue weighted by Gasteiger charge is -2.23. The van der Waals surface area contributed by atoms with Gasteiger partial charge in [0.1, 0.15) is 0 Å². The Labute approximate surface area is 107 Å². The number of ether oxygens (including phenoxy) is 1. The van der Waals surface area contributed by atoms with Crippen molar-refractivity contribution in [2.45, 2.75) is 19.9 Å². The average Bonchev–Trinajstić information content (AvgIpc) is 2.70. The molecule has 1 aliphatic heterocycles. The van der Waals surface area contributed by atoms with E-state index >= 15 is 0 Å². The summed E-state index contributed by atoms with van der Waals surface area (Å²) in [4.78, 5) is 24.8. The monoisotopic (exact) mass is 258 g/mol. The van der Waals surface area contributed by atoms with Crippen LogP contribution in [0.2, 0.25) is 0 Å². The van der Waals surface area contributed by atoms with Crippen LogP contribution >= 0.6 is 0 Å². The molecule has 3 atom stereocenters. The van der Waals surface area contributed by atoms with E-state index in [4.69, 9.17) is 9.84 Å².